The van der Waals surface area contributed by atoms with Gasteiger partial charge in [-0.3, -0.25) is 4.90 Å². The van der Waals surface area contributed by atoms with Crippen LogP contribution in [0.25, 0.3) is 11.1 Å². The number of benzene rings is 2. The molecule has 1 saturated heterocycles. The monoisotopic (exact) mass is 267 g/mol. The lowest BCUT2D eigenvalue weighted by Crippen LogP contribution is -2.34. The van der Waals surface area contributed by atoms with Crippen molar-refractivity contribution in [1.29, 1.82) is 0 Å². The summed E-state index contributed by atoms with van der Waals surface area (Å²) >= 11 is 0. The Morgan fingerprint density at radius 1 is 0.850 bits per heavy atom. The zero-order valence-corrected chi connectivity index (χ0v) is 12.0. The minimum absolute atomic E-state index is 0.167. The molecule has 1 heterocycles. The SMILES string of the molecule is CC(Oc1ccc(-c2ccccc2)cc1)N1CCCC1. The van der Waals surface area contributed by atoms with E-state index in [2.05, 4.69) is 60.4 Å². The molecule has 1 fully saturated rings. The van der Waals surface area contributed by atoms with Gasteiger partial charge in [-0.2, -0.15) is 0 Å². The largest absolute Gasteiger partial charge is 0.475 e. The first-order valence-corrected chi connectivity index (χ1v) is 7.39. The van der Waals surface area contributed by atoms with Gasteiger partial charge in [-0.05, 0) is 43.0 Å². The van der Waals surface area contributed by atoms with Crippen molar-refractivity contribution in [3.63, 3.8) is 0 Å². The molecule has 2 heteroatoms. The van der Waals surface area contributed by atoms with E-state index in [0.29, 0.717) is 0 Å². The molecule has 2 aromatic carbocycles. The van der Waals surface area contributed by atoms with Gasteiger partial charge in [-0.15, -0.1) is 0 Å². The normalized spacial score (nSPS) is 17.1. The lowest BCUT2D eigenvalue weighted by molar-refractivity contribution is 0.0592. The Kier molecular flexibility index (Phi) is 4.03. The molecule has 1 unspecified atom stereocenters. The number of nitrogens with zero attached hydrogens (tertiary/aromatic N) is 1. The van der Waals surface area contributed by atoms with E-state index in [1.807, 2.05) is 6.07 Å². The van der Waals surface area contributed by atoms with Gasteiger partial charge in [-0.1, -0.05) is 42.5 Å². The summed E-state index contributed by atoms with van der Waals surface area (Å²) in [4.78, 5) is 2.39. The zero-order valence-electron chi connectivity index (χ0n) is 12.0. The molecule has 20 heavy (non-hydrogen) atoms. The Morgan fingerprint density at radius 2 is 1.45 bits per heavy atom. The number of rotatable bonds is 4. The predicted octanol–water partition coefficient (Wildman–Crippen LogP) is 4.17. The minimum atomic E-state index is 0.167. The van der Waals surface area contributed by atoms with Crippen LogP contribution >= 0.6 is 0 Å². The lowest BCUT2D eigenvalue weighted by atomic mass is 10.1. The fourth-order valence-electron chi connectivity index (χ4n) is 2.73. The number of hydrogen-bond acceptors (Lipinski definition) is 2. The van der Waals surface area contributed by atoms with Crippen molar-refractivity contribution in [2.24, 2.45) is 0 Å². The molecule has 0 bridgehead atoms. The third-order valence-corrected chi connectivity index (χ3v) is 3.92. The van der Waals surface area contributed by atoms with Crippen molar-refractivity contribution in [3.05, 3.63) is 54.6 Å². The van der Waals surface area contributed by atoms with E-state index in [1.165, 1.54) is 24.0 Å². The maximum atomic E-state index is 6.02. The third kappa shape index (κ3) is 3.02. The van der Waals surface area contributed by atoms with Crippen LogP contribution in [0, 0.1) is 0 Å². The maximum absolute atomic E-state index is 6.02. The summed E-state index contributed by atoms with van der Waals surface area (Å²) < 4.78 is 6.02. The highest BCUT2D eigenvalue weighted by Crippen LogP contribution is 2.23. The molecule has 1 aliphatic rings. The lowest BCUT2D eigenvalue weighted by Gasteiger charge is -2.24. The van der Waals surface area contributed by atoms with Crippen LogP contribution in [-0.2, 0) is 0 Å². The van der Waals surface area contributed by atoms with E-state index in [9.17, 15) is 0 Å². The molecule has 1 aliphatic heterocycles. The fraction of sp³-hybridized carbons (Fsp3) is 0.333. The van der Waals surface area contributed by atoms with E-state index in [1.54, 1.807) is 0 Å². The molecule has 0 aliphatic carbocycles. The highest BCUT2D eigenvalue weighted by atomic mass is 16.5. The molecule has 0 aromatic heterocycles. The molecule has 0 radical (unpaired) electrons. The van der Waals surface area contributed by atoms with Gasteiger partial charge in [0.1, 0.15) is 12.0 Å². The predicted molar refractivity (Wildman–Crippen MR) is 82.8 cm³/mol. The molecule has 0 amide bonds. The van der Waals surface area contributed by atoms with Crippen LogP contribution in [0.3, 0.4) is 0 Å². The van der Waals surface area contributed by atoms with E-state index in [0.717, 1.165) is 18.8 Å². The van der Waals surface area contributed by atoms with Crippen LogP contribution < -0.4 is 4.74 Å². The van der Waals surface area contributed by atoms with E-state index in [-0.39, 0.29) is 6.23 Å². The van der Waals surface area contributed by atoms with Gasteiger partial charge in [0, 0.05) is 13.1 Å². The summed E-state index contributed by atoms with van der Waals surface area (Å²) in [5.74, 6) is 0.948. The highest BCUT2D eigenvalue weighted by molar-refractivity contribution is 5.63. The molecule has 0 spiro atoms. The van der Waals surface area contributed by atoms with Crippen LogP contribution in [-0.4, -0.2) is 24.2 Å². The summed E-state index contributed by atoms with van der Waals surface area (Å²) in [6, 6.07) is 18.8. The summed E-state index contributed by atoms with van der Waals surface area (Å²) in [6.45, 7) is 4.45. The summed E-state index contributed by atoms with van der Waals surface area (Å²) in [7, 11) is 0. The van der Waals surface area contributed by atoms with E-state index < -0.39 is 0 Å². The smallest absolute Gasteiger partial charge is 0.149 e. The van der Waals surface area contributed by atoms with Crippen LogP contribution in [0.4, 0.5) is 0 Å². The Labute approximate surface area is 121 Å². The quantitative estimate of drug-likeness (QED) is 0.824. The van der Waals surface area contributed by atoms with Crippen LogP contribution in [0.5, 0.6) is 5.75 Å². The first kappa shape index (κ1) is 13.2. The molecular formula is C18H21NO. The Hall–Kier alpha value is -1.80. The van der Waals surface area contributed by atoms with Gasteiger partial charge in [-0.25, -0.2) is 0 Å². The molecule has 0 N–H and O–H groups in total. The second kappa shape index (κ2) is 6.10. The highest BCUT2D eigenvalue weighted by Gasteiger charge is 2.18. The Morgan fingerprint density at radius 3 is 2.10 bits per heavy atom. The first-order chi connectivity index (χ1) is 9.83. The molecule has 1 atom stereocenters. The van der Waals surface area contributed by atoms with Crippen LogP contribution in [0.1, 0.15) is 19.8 Å². The number of ether oxygens (including phenoxy) is 1. The fourth-order valence-corrected chi connectivity index (χ4v) is 2.73. The van der Waals surface area contributed by atoms with E-state index in [4.69, 9.17) is 4.74 Å². The number of hydrogen-bond donors (Lipinski definition) is 0. The van der Waals surface area contributed by atoms with Gasteiger partial charge in [0.25, 0.3) is 0 Å². The number of likely N-dealkylation sites (tertiary alicyclic amines) is 1. The maximum Gasteiger partial charge on any atom is 0.149 e. The average Bonchev–Trinajstić information content (AvgIpc) is 3.03. The van der Waals surface area contributed by atoms with Crippen LogP contribution in [0.2, 0.25) is 0 Å². The molecule has 3 rings (SSSR count). The molecule has 104 valence electrons. The molecule has 2 nitrogen and oxygen atoms in total. The van der Waals surface area contributed by atoms with Crippen LogP contribution in [0.15, 0.2) is 54.6 Å². The summed E-state index contributed by atoms with van der Waals surface area (Å²) in [5, 5.41) is 0. The van der Waals surface area contributed by atoms with Gasteiger partial charge in [0.2, 0.25) is 0 Å². The topological polar surface area (TPSA) is 12.5 Å². The second-order valence-corrected chi connectivity index (χ2v) is 5.35. The minimum Gasteiger partial charge on any atom is -0.475 e. The van der Waals surface area contributed by atoms with E-state index >= 15 is 0 Å². The summed E-state index contributed by atoms with van der Waals surface area (Å²) in [5.41, 5.74) is 2.47. The van der Waals surface area contributed by atoms with Crippen molar-refractivity contribution in [3.8, 4) is 16.9 Å². The van der Waals surface area contributed by atoms with Crippen molar-refractivity contribution < 1.29 is 4.74 Å². The Balaban J connectivity index is 1.67. The molecule has 2 aromatic rings. The second-order valence-electron chi connectivity index (χ2n) is 5.35. The van der Waals surface area contributed by atoms with Gasteiger partial charge >= 0.3 is 0 Å². The third-order valence-electron chi connectivity index (χ3n) is 3.92. The van der Waals surface area contributed by atoms with Crippen molar-refractivity contribution in [1.82, 2.24) is 4.90 Å². The van der Waals surface area contributed by atoms with Crippen molar-refractivity contribution in [2.45, 2.75) is 26.0 Å². The van der Waals surface area contributed by atoms with Gasteiger partial charge in [0.05, 0.1) is 0 Å². The van der Waals surface area contributed by atoms with Crippen molar-refractivity contribution >= 4 is 0 Å². The first-order valence-electron chi connectivity index (χ1n) is 7.39. The average molecular weight is 267 g/mol. The van der Waals surface area contributed by atoms with Gasteiger partial charge < -0.3 is 4.74 Å². The standard InChI is InChI=1S/C18H21NO/c1-15(19-13-5-6-14-19)20-18-11-9-17(10-12-18)16-7-3-2-4-8-16/h2-4,7-12,15H,5-6,13-14H2,1H3. The van der Waals surface area contributed by atoms with Gasteiger partial charge in [0.15, 0.2) is 0 Å². The zero-order chi connectivity index (χ0) is 13.8. The molecule has 0 saturated carbocycles. The van der Waals surface area contributed by atoms with Crippen molar-refractivity contribution in [2.75, 3.05) is 13.1 Å². The molecular weight excluding hydrogens is 246 g/mol. The summed E-state index contributed by atoms with van der Waals surface area (Å²) in [6.07, 6.45) is 2.75. The Bertz CT molecular complexity index is 529.